The Labute approximate surface area is 93.1 Å². The highest BCUT2D eigenvalue weighted by molar-refractivity contribution is 5.55. The summed E-state index contributed by atoms with van der Waals surface area (Å²) in [7, 11) is 0. The normalized spacial score (nSPS) is 12.7. The summed E-state index contributed by atoms with van der Waals surface area (Å²) in [5, 5.41) is 13.3. The number of aryl methyl sites for hydroxylation is 1. The van der Waals surface area contributed by atoms with Gasteiger partial charge in [0.15, 0.2) is 0 Å². The van der Waals surface area contributed by atoms with E-state index in [9.17, 15) is 5.11 Å². The highest BCUT2D eigenvalue weighted by atomic mass is 16.5. The van der Waals surface area contributed by atoms with E-state index in [4.69, 9.17) is 4.52 Å². The van der Waals surface area contributed by atoms with Crippen molar-refractivity contribution < 1.29 is 9.63 Å². The molecule has 0 radical (unpaired) electrons. The molecule has 16 heavy (non-hydrogen) atoms. The lowest BCUT2D eigenvalue weighted by Crippen LogP contribution is -1.97. The molecule has 84 valence electrons. The van der Waals surface area contributed by atoms with Crippen molar-refractivity contribution in [2.45, 2.75) is 26.4 Å². The molecule has 2 aromatic rings. The second kappa shape index (κ2) is 4.40. The van der Waals surface area contributed by atoms with Gasteiger partial charge in [-0.05, 0) is 25.5 Å². The van der Waals surface area contributed by atoms with Gasteiger partial charge < -0.3 is 9.63 Å². The molecule has 0 fully saturated rings. The van der Waals surface area contributed by atoms with Crippen molar-refractivity contribution in [3.8, 4) is 11.5 Å². The third-order valence-electron chi connectivity index (χ3n) is 2.36. The average molecular weight is 219 g/mol. The van der Waals surface area contributed by atoms with Gasteiger partial charge in [0.1, 0.15) is 6.10 Å². The minimum absolute atomic E-state index is 0.320. The van der Waals surface area contributed by atoms with Crippen LogP contribution in [-0.4, -0.2) is 20.2 Å². The summed E-state index contributed by atoms with van der Waals surface area (Å²) < 4.78 is 5.09. The number of nitrogens with zero attached hydrogens (tertiary/aromatic N) is 3. The molecular formula is C11H13N3O2. The van der Waals surface area contributed by atoms with E-state index in [1.165, 1.54) is 0 Å². The molecule has 2 heterocycles. The fourth-order valence-electron chi connectivity index (χ4n) is 1.37. The Morgan fingerprint density at radius 1 is 1.50 bits per heavy atom. The molecule has 0 aliphatic rings. The lowest BCUT2D eigenvalue weighted by atomic mass is 10.2. The first-order chi connectivity index (χ1) is 7.72. The Morgan fingerprint density at radius 2 is 2.31 bits per heavy atom. The van der Waals surface area contributed by atoms with Crippen LogP contribution < -0.4 is 0 Å². The highest BCUT2D eigenvalue weighted by Crippen LogP contribution is 2.21. The summed E-state index contributed by atoms with van der Waals surface area (Å²) in [6.07, 6.45) is 1.59. The minimum Gasteiger partial charge on any atom is -0.385 e. The molecule has 1 unspecified atom stereocenters. The molecule has 0 bridgehead atoms. The van der Waals surface area contributed by atoms with E-state index >= 15 is 0 Å². The minimum atomic E-state index is -0.672. The molecule has 0 spiro atoms. The first-order valence-electron chi connectivity index (χ1n) is 5.16. The quantitative estimate of drug-likeness (QED) is 0.853. The molecule has 0 amide bonds. The Bertz CT molecular complexity index is 482. The van der Waals surface area contributed by atoms with Gasteiger partial charge in [-0.3, -0.25) is 4.98 Å². The monoisotopic (exact) mass is 219 g/mol. The first kappa shape index (κ1) is 10.8. The second-order valence-electron chi connectivity index (χ2n) is 3.52. The number of aliphatic hydroxyl groups excluding tert-OH is 1. The molecule has 0 aliphatic carbocycles. The molecule has 5 nitrogen and oxygen atoms in total. The SMILES string of the molecule is CCC(O)c1noc(-c2cccnc2C)n1. The Kier molecular flexibility index (Phi) is 2.96. The van der Waals surface area contributed by atoms with Crippen LogP contribution in [0.15, 0.2) is 22.9 Å². The zero-order valence-electron chi connectivity index (χ0n) is 9.21. The third kappa shape index (κ3) is 1.94. The van der Waals surface area contributed by atoms with Crippen molar-refractivity contribution >= 4 is 0 Å². The summed E-state index contributed by atoms with van der Waals surface area (Å²) in [6, 6.07) is 3.67. The Hall–Kier alpha value is -1.75. The van der Waals surface area contributed by atoms with Gasteiger partial charge in [0, 0.05) is 11.9 Å². The summed E-state index contributed by atoms with van der Waals surface area (Å²) in [6.45, 7) is 3.73. The van der Waals surface area contributed by atoms with Crippen LogP contribution in [0.3, 0.4) is 0 Å². The topological polar surface area (TPSA) is 72.0 Å². The average Bonchev–Trinajstić information content (AvgIpc) is 2.78. The fourth-order valence-corrected chi connectivity index (χ4v) is 1.37. The van der Waals surface area contributed by atoms with Crippen molar-refractivity contribution in [3.63, 3.8) is 0 Å². The number of pyridine rings is 1. The lowest BCUT2D eigenvalue weighted by Gasteiger charge is -1.99. The second-order valence-corrected chi connectivity index (χ2v) is 3.52. The van der Waals surface area contributed by atoms with E-state index in [0.717, 1.165) is 11.3 Å². The molecule has 5 heteroatoms. The van der Waals surface area contributed by atoms with Crippen molar-refractivity contribution in [1.82, 2.24) is 15.1 Å². The van der Waals surface area contributed by atoms with Gasteiger partial charge in [0.2, 0.25) is 5.82 Å². The molecule has 0 saturated heterocycles. The molecule has 2 rings (SSSR count). The maximum Gasteiger partial charge on any atom is 0.259 e. The van der Waals surface area contributed by atoms with Gasteiger partial charge >= 0.3 is 0 Å². The van der Waals surface area contributed by atoms with Gasteiger partial charge in [-0.2, -0.15) is 4.98 Å². The van der Waals surface area contributed by atoms with Crippen molar-refractivity contribution in [3.05, 3.63) is 29.8 Å². The van der Waals surface area contributed by atoms with E-state index < -0.39 is 6.10 Å². The van der Waals surface area contributed by atoms with Crippen molar-refractivity contribution in [1.29, 1.82) is 0 Å². The molecule has 1 atom stereocenters. The van der Waals surface area contributed by atoms with Crippen LogP contribution in [0, 0.1) is 6.92 Å². The number of hydrogen-bond acceptors (Lipinski definition) is 5. The van der Waals surface area contributed by atoms with Crippen LogP contribution in [-0.2, 0) is 0 Å². The van der Waals surface area contributed by atoms with Crippen molar-refractivity contribution in [2.24, 2.45) is 0 Å². The van der Waals surface area contributed by atoms with Crippen LogP contribution in [0.1, 0.15) is 31.0 Å². The van der Waals surface area contributed by atoms with Gasteiger partial charge in [0.25, 0.3) is 5.89 Å². The molecule has 0 aromatic carbocycles. The highest BCUT2D eigenvalue weighted by Gasteiger charge is 2.15. The van der Waals surface area contributed by atoms with Gasteiger partial charge in [-0.25, -0.2) is 0 Å². The van der Waals surface area contributed by atoms with E-state index in [-0.39, 0.29) is 0 Å². The van der Waals surface area contributed by atoms with Crippen LogP contribution in [0.5, 0.6) is 0 Å². The molecule has 0 aliphatic heterocycles. The van der Waals surface area contributed by atoms with Gasteiger partial charge in [0.05, 0.1) is 5.56 Å². The molecule has 2 aromatic heterocycles. The first-order valence-corrected chi connectivity index (χ1v) is 5.16. The zero-order valence-corrected chi connectivity index (χ0v) is 9.21. The van der Waals surface area contributed by atoms with E-state index in [2.05, 4.69) is 15.1 Å². The standard InChI is InChI=1S/C11H13N3O2/c1-3-9(15)10-13-11(16-14-10)8-5-4-6-12-7(8)2/h4-6,9,15H,3H2,1-2H3. The van der Waals surface area contributed by atoms with Crippen LogP contribution in [0.4, 0.5) is 0 Å². The Balaban J connectivity index is 2.35. The fraction of sp³-hybridized carbons (Fsp3) is 0.364. The predicted octanol–water partition coefficient (Wildman–Crippen LogP) is 1.88. The van der Waals surface area contributed by atoms with E-state index in [1.807, 2.05) is 26.0 Å². The summed E-state index contributed by atoms with van der Waals surface area (Å²) >= 11 is 0. The third-order valence-corrected chi connectivity index (χ3v) is 2.36. The molecule has 1 N–H and O–H groups in total. The maximum absolute atomic E-state index is 9.56. The summed E-state index contributed by atoms with van der Waals surface area (Å²) in [5.41, 5.74) is 1.62. The molecular weight excluding hydrogens is 206 g/mol. The van der Waals surface area contributed by atoms with Crippen LogP contribution in [0.2, 0.25) is 0 Å². The van der Waals surface area contributed by atoms with E-state index in [0.29, 0.717) is 18.1 Å². The zero-order chi connectivity index (χ0) is 11.5. The number of rotatable bonds is 3. The Morgan fingerprint density at radius 3 is 3.00 bits per heavy atom. The maximum atomic E-state index is 9.56. The van der Waals surface area contributed by atoms with Crippen LogP contribution in [0.25, 0.3) is 11.5 Å². The number of hydrogen-bond donors (Lipinski definition) is 1. The number of aliphatic hydroxyl groups is 1. The summed E-state index contributed by atoms with van der Waals surface area (Å²) in [5.74, 6) is 0.717. The smallest absolute Gasteiger partial charge is 0.259 e. The lowest BCUT2D eigenvalue weighted by molar-refractivity contribution is 0.159. The van der Waals surface area contributed by atoms with Gasteiger partial charge in [-0.15, -0.1) is 0 Å². The van der Waals surface area contributed by atoms with E-state index in [1.54, 1.807) is 6.20 Å². The van der Waals surface area contributed by atoms with Crippen molar-refractivity contribution in [2.75, 3.05) is 0 Å². The predicted molar refractivity (Wildman–Crippen MR) is 57.5 cm³/mol. The van der Waals surface area contributed by atoms with Crippen LogP contribution >= 0.6 is 0 Å². The summed E-state index contributed by atoms with van der Waals surface area (Å²) in [4.78, 5) is 8.28. The largest absolute Gasteiger partial charge is 0.385 e. The molecule has 0 saturated carbocycles. The number of aromatic nitrogens is 3. The van der Waals surface area contributed by atoms with Gasteiger partial charge in [-0.1, -0.05) is 12.1 Å².